The van der Waals surface area contributed by atoms with Crippen LogP contribution in [0.3, 0.4) is 0 Å². The first-order valence-electron chi connectivity index (χ1n) is 4.31. The summed E-state index contributed by atoms with van der Waals surface area (Å²) in [6, 6.07) is 7.72. The van der Waals surface area contributed by atoms with E-state index >= 15 is 0 Å². The monoisotopic (exact) mass is 284 g/mol. The summed E-state index contributed by atoms with van der Waals surface area (Å²) in [6.45, 7) is 0. The fourth-order valence-corrected chi connectivity index (χ4v) is 2.19. The third kappa shape index (κ3) is 2.35. The van der Waals surface area contributed by atoms with Crippen LogP contribution in [0.1, 0.15) is 0 Å². The molecule has 0 saturated heterocycles. The molecule has 1 atom stereocenters. The fraction of sp³-hybridized carbons (Fsp3) is 0.100. The van der Waals surface area contributed by atoms with Crippen molar-refractivity contribution >= 4 is 43.5 Å². The highest BCUT2D eigenvalue weighted by molar-refractivity contribution is 9.10. The van der Waals surface area contributed by atoms with Crippen LogP contribution in [0.15, 0.2) is 34.9 Å². The van der Waals surface area contributed by atoms with Gasteiger partial charge >= 0.3 is 0 Å². The Kier molecular flexibility index (Phi) is 3.02. The van der Waals surface area contributed by atoms with E-state index in [9.17, 15) is 4.21 Å². The van der Waals surface area contributed by atoms with Crippen LogP contribution >= 0.6 is 15.9 Å². The minimum Gasteiger partial charge on any atom is -0.303 e. The van der Waals surface area contributed by atoms with Gasteiger partial charge in [0.05, 0.1) is 11.2 Å². The number of pyridine rings is 1. The molecule has 0 fully saturated rings. The number of nitrogens with one attached hydrogen (secondary N) is 1. The van der Waals surface area contributed by atoms with Gasteiger partial charge < -0.3 is 4.72 Å². The van der Waals surface area contributed by atoms with E-state index in [0.717, 1.165) is 21.1 Å². The van der Waals surface area contributed by atoms with E-state index < -0.39 is 11.0 Å². The molecule has 78 valence electrons. The molecule has 0 spiro atoms. The van der Waals surface area contributed by atoms with Crippen molar-refractivity contribution in [2.24, 2.45) is 0 Å². The first-order chi connectivity index (χ1) is 7.16. The summed E-state index contributed by atoms with van der Waals surface area (Å²) in [5.74, 6) is 0. The summed E-state index contributed by atoms with van der Waals surface area (Å²) in [7, 11) is -1.08. The number of halogens is 1. The van der Waals surface area contributed by atoms with E-state index in [0.29, 0.717) is 0 Å². The smallest absolute Gasteiger partial charge is 0.114 e. The molecule has 1 heterocycles. The van der Waals surface area contributed by atoms with Gasteiger partial charge in [-0.25, -0.2) is 4.21 Å². The predicted molar refractivity (Wildman–Crippen MR) is 67.1 cm³/mol. The highest BCUT2D eigenvalue weighted by atomic mass is 79.9. The molecule has 0 saturated carbocycles. The van der Waals surface area contributed by atoms with Crippen LogP contribution in [0.4, 0.5) is 5.69 Å². The van der Waals surface area contributed by atoms with Gasteiger partial charge in [0.25, 0.3) is 0 Å². The Morgan fingerprint density at radius 1 is 1.47 bits per heavy atom. The second-order valence-corrected chi connectivity index (χ2v) is 5.12. The molecule has 0 bridgehead atoms. The van der Waals surface area contributed by atoms with Gasteiger partial charge in [0.1, 0.15) is 11.0 Å². The van der Waals surface area contributed by atoms with Gasteiger partial charge in [-0.15, -0.1) is 0 Å². The number of hydrogen-bond acceptors (Lipinski definition) is 2. The maximum absolute atomic E-state index is 11.1. The Hall–Kier alpha value is -0.940. The van der Waals surface area contributed by atoms with Gasteiger partial charge in [-0.2, -0.15) is 0 Å². The van der Waals surface area contributed by atoms with Crippen molar-refractivity contribution in [3.05, 3.63) is 34.9 Å². The lowest BCUT2D eigenvalue weighted by Crippen LogP contribution is -2.02. The van der Waals surface area contributed by atoms with Crippen molar-refractivity contribution in [2.75, 3.05) is 11.0 Å². The first-order valence-corrected chi connectivity index (χ1v) is 6.66. The largest absolute Gasteiger partial charge is 0.303 e. The fourth-order valence-electron chi connectivity index (χ4n) is 1.37. The highest BCUT2D eigenvalue weighted by Crippen LogP contribution is 2.23. The Bertz CT molecular complexity index is 530. The lowest BCUT2D eigenvalue weighted by Gasteiger charge is -2.06. The van der Waals surface area contributed by atoms with Gasteiger partial charge in [0.15, 0.2) is 0 Å². The van der Waals surface area contributed by atoms with Gasteiger partial charge in [-0.1, -0.05) is 12.1 Å². The normalized spacial score (nSPS) is 12.7. The summed E-state index contributed by atoms with van der Waals surface area (Å²) in [4.78, 5) is 4.29. The molecule has 2 rings (SSSR count). The van der Waals surface area contributed by atoms with Crippen LogP contribution < -0.4 is 4.72 Å². The van der Waals surface area contributed by atoms with Gasteiger partial charge in [-0.3, -0.25) is 4.98 Å². The molecule has 0 aliphatic rings. The van der Waals surface area contributed by atoms with Gasteiger partial charge in [0.2, 0.25) is 0 Å². The zero-order valence-corrected chi connectivity index (χ0v) is 10.4. The van der Waals surface area contributed by atoms with Crippen molar-refractivity contribution in [2.45, 2.75) is 0 Å². The topological polar surface area (TPSA) is 42.0 Å². The lowest BCUT2D eigenvalue weighted by molar-refractivity contribution is 0.690. The minimum absolute atomic E-state index is 0.792. The van der Waals surface area contributed by atoms with Crippen molar-refractivity contribution in [3.63, 3.8) is 0 Å². The summed E-state index contributed by atoms with van der Waals surface area (Å²) in [5, 5.41) is 1.01. The zero-order chi connectivity index (χ0) is 10.8. The molecule has 1 N–H and O–H groups in total. The predicted octanol–water partition coefficient (Wildman–Crippen LogP) is 2.70. The average molecular weight is 285 g/mol. The summed E-state index contributed by atoms with van der Waals surface area (Å²) < 4.78 is 14.9. The third-order valence-corrected chi connectivity index (χ3v) is 2.87. The molecule has 0 aliphatic heterocycles. The second kappa shape index (κ2) is 4.28. The SMILES string of the molecule is CS(=O)Nc1cccc2cc(Br)cnc12. The number of hydrogen-bond donors (Lipinski definition) is 1. The van der Waals surface area contributed by atoms with E-state index in [1.807, 2.05) is 24.3 Å². The second-order valence-electron chi connectivity index (χ2n) is 3.09. The van der Waals surface area contributed by atoms with E-state index in [4.69, 9.17) is 0 Å². The Morgan fingerprint density at radius 3 is 3.00 bits per heavy atom. The quantitative estimate of drug-likeness (QED) is 0.921. The third-order valence-electron chi connectivity index (χ3n) is 1.93. The summed E-state index contributed by atoms with van der Waals surface area (Å²) in [5.41, 5.74) is 1.62. The van der Waals surface area contributed by atoms with Gasteiger partial charge in [0, 0.05) is 22.3 Å². The molecular weight excluding hydrogens is 276 g/mol. The summed E-state index contributed by atoms with van der Waals surface area (Å²) >= 11 is 3.36. The Balaban J connectivity index is 2.60. The number of rotatable bonds is 2. The van der Waals surface area contributed by atoms with Crippen LogP contribution in [0.25, 0.3) is 10.9 Å². The first kappa shape index (κ1) is 10.6. The molecule has 1 aromatic carbocycles. The standard InChI is InChI=1S/C10H9BrN2OS/c1-15(14)13-9-4-2-3-7-5-8(11)6-12-10(7)9/h2-6,13H,1H3. The molecule has 1 aromatic heterocycles. The number of aromatic nitrogens is 1. The molecule has 1 unspecified atom stereocenters. The molecule has 3 nitrogen and oxygen atoms in total. The molecule has 0 amide bonds. The zero-order valence-electron chi connectivity index (χ0n) is 8.03. The highest BCUT2D eigenvalue weighted by Gasteiger charge is 2.03. The van der Waals surface area contributed by atoms with Crippen LogP contribution in [0.2, 0.25) is 0 Å². The maximum Gasteiger partial charge on any atom is 0.114 e. The van der Waals surface area contributed by atoms with Crippen LogP contribution in [0, 0.1) is 0 Å². The maximum atomic E-state index is 11.1. The van der Waals surface area contributed by atoms with E-state index in [1.54, 1.807) is 12.5 Å². The molecule has 2 aromatic rings. The van der Waals surface area contributed by atoms with Crippen LogP contribution in [0.5, 0.6) is 0 Å². The van der Waals surface area contributed by atoms with Crippen molar-refractivity contribution in [3.8, 4) is 0 Å². The number of fused-ring (bicyclic) bond motifs is 1. The number of anilines is 1. The number of para-hydroxylation sites is 1. The molecule has 0 aliphatic carbocycles. The molecule has 0 radical (unpaired) electrons. The van der Waals surface area contributed by atoms with Crippen molar-refractivity contribution in [1.29, 1.82) is 0 Å². The molecular formula is C10H9BrN2OS. The van der Waals surface area contributed by atoms with E-state index in [-0.39, 0.29) is 0 Å². The summed E-state index contributed by atoms with van der Waals surface area (Å²) in [6.07, 6.45) is 3.32. The van der Waals surface area contributed by atoms with Gasteiger partial charge in [-0.05, 0) is 28.1 Å². The van der Waals surface area contributed by atoms with Crippen molar-refractivity contribution < 1.29 is 4.21 Å². The Labute approximate surface area is 98.6 Å². The molecule has 15 heavy (non-hydrogen) atoms. The number of nitrogens with zero attached hydrogens (tertiary/aromatic N) is 1. The Morgan fingerprint density at radius 2 is 2.27 bits per heavy atom. The van der Waals surface area contributed by atoms with E-state index in [1.165, 1.54) is 0 Å². The minimum atomic E-state index is -1.08. The van der Waals surface area contributed by atoms with Crippen molar-refractivity contribution in [1.82, 2.24) is 4.98 Å². The molecule has 5 heteroatoms. The van der Waals surface area contributed by atoms with Crippen LogP contribution in [-0.2, 0) is 11.0 Å². The average Bonchev–Trinajstić information content (AvgIpc) is 2.16. The van der Waals surface area contributed by atoms with Crippen LogP contribution in [-0.4, -0.2) is 15.4 Å². The number of benzene rings is 1. The lowest BCUT2D eigenvalue weighted by atomic mass is 10.2. The van der Waals surface area contributed by atoms with E-state index in [2.05, 4.69) is 25.6 Å².